The van der Waals surface area contributed by atoms with Crippen LogP contribution in [0.5, 0.6) is 0 Å². The van der Waals surface area contributed by atoms with Crippen molar-refractivity contribution in [3.63, 3.8) is 0 Å². The van der Waals surface area contributed by atoms with Crippen LogP contribution in [0.3, 0.4) is 0 Å². The molecule has 18 heavy (non-hydrogen) atoms. The normalized spacial score (nSPS) is 11.2. The van der Waals surface area contributed by atoms with Crippen LogP contribution in [-0.4, -0.2) is 11.5 Å². The van der Waals surface area contributed by atoms with Crippen molar-refractivity contribution >= 4 is 22.9 Å². The van der Waals surface area contributed by atoms with Gasteiger partial charge in [0.15, 0.2) is 0 Å². The van der Waals surface area contributed by atoms with Crippen molar-refractivity contribution in [2.24, 2.45) is 5.73 Å². The van der Waals surface area contributed by atoms with Gasteiger partial charge in [0.05, 0.1) is 10.7 Å². The number of benzene rings is 1. The highest BCUT2D eigenvalue weighted by atomic mass is 35.5. The molecule has 1 aromatic heterocycles. The zero-order valence-electron chi connectivity index (χ0n) is 10.6. The molecule has 2 N–H and O–H groups in total. The molecule has 0 atom stereocenters. The third-order valence-electron chi connectivity index (χ3n) is 2.68. The van der Waals surface area contributed by atoms with Gasteiger partial charge in [-0.15, -0.1) is 11.3 Å². The fraction of sp³-hybridized carbons (Fsp3) is 0.357. The average molecular weight is 281 g/mol. The van der Waals surface area contributed by atoms with Crippen LogP contribution >= 0.6 is 22.9 Å². The van der Waals surface area contributed by atoms with Gasteiger partial charge in [-0.1, -0.05) is 37.6 Å². The lowest BCUT2D eigenvalue weighted by atomic mass is 10.1. The van der Waals surface area contributed by atoms with Crippen LogP contribution in [0.1, 0.15) is 29.7 Å². The number of halogens is 1. The highest BCUT2D eigenvalue weighted by Gasteiger charge is 2.15. The Bertz CT molecular complexity index is 534. The predicted octanol–water partition coefficient (Wildman–Crippen LogP) is 4.09. The van der Waals surface area contributed by atoms with Gasteiger partial charge in [-0.25, -0.2) is 4.98 Å². The Morgan fingerprint density at radius 2 is 2.17 bits per heavy atom. The van der Waals surface area contributed by atoms with E-state index in [0.29, 0.717) is 12.5 Å². The summed E-state index contributed by atoms with van der Waals surface area (Å²) in [6, 6.07) is 7.87. The number of nitrogens with zero attached hydrogens (tertiary/aromatic N) is 1. The summed E-state index contributed by atoms with van der Waals surface area (Å²) in [5.41, 5.74) is 7.75. The molecule has 2 nitrogen and oxygen atoms in total. The molecule has 0 aliphatic carbocycles. The first-order valence-corrected chi connectivity index (χ1v) is 7.27. The van der Waals surface area contributed by atoms with E-state index in [9.17, 15) is 0 Å². The van der Waals surface area contributed by atoms with Crippen LogP contribution in [0.25, 0.3) is 11.3 Å². The fourth-order valence-electron chi connectivity index (χ4n) is 1.84. The second kappa shape index (κ2) is 5.83. The van der Waals surface area contributed by atoms with E-state index in [-0.39, 0.29) is 0 Å². The number of aromatic nitrogens is 1. The molecule has 1 aromatic carbocycles. The molecule has 0 saturated carbocycles. The molecule has 0 unspecified atom stereocenters. The van der Waals surface area contributed by atoms with Crippen LogP contribution in [0.4, 0.5) is 0 Å². The molecular formula is C14H17ClN2S. The van der Waals surface area contributed by atoms with E-state index in [1.807, 2.05) is 18.2 Å². The lowest BCUT2D eigenvalue weighted by Crippen LogP contribution is -2.01. The van der Waals surface area contributed by atoms with E-state index in [1.54, 1.807) is 11.3 Å². The highest BCUT2D eigenvalue weighted by Crippen LogP contribution is 2.34. The molecule has 2 aromatic rings. The molecule has 96 valence electrons. The first kappa shape index (κ1) is 13.5. The summed E-state index contributed by atoms with van der Waals surface area (Å²) in [6.45, 7) is 5.02. The Labute approximate surface area is 117 Å². The number of hydrogen-bond acceptors (Lipinski definition) is 3. The standard InChI is InChI=1S/C14H17ClN2S/c1-9(2)14-13(17-12(18-14)6-7-16)10-4-3-5-11(15)8-10/h3-5,8-9H,6-7,16H2,1-2H3. The Morgan fingerprint density at radius 1 is 1.39 bits per heavy atom. The quantitative estimate of drug-likeness (QED) is 0.916. The van der Waals surface area contributed by atoms with Gasteiger partial charge in [0.2, 0.25) is 0 Å². The highest BCUT2D eigenvalue weighted by molar-refractivity contribution is 7.12. The number of thiazole rings is 1. The Morgan fingerprint density at radius 3 is 2.78 bits per heavy atom. The van der Waals surface area contributed by atoms with Gasteiger partial charge in [-0.05, 0) is 24.6 Å². The third-order valence-corrected chi connectivity index (χ3v) is 4.33. The molecule has 2 rings (SSSR count). The van der Waals surface area contributed by atoms with Crippen molar-refractivity contribution in [3.8, 4) is 11.3 Å². The van der Waals surface area contributed by atoms with Crippen molar-refractivity contribution in [2.75, 3.05) is 6.54 Å². The Balaban J connectivity index is 2.48. The zero-order chi connectivity index (χ0) is 13.1. The summed E-state index contributed by atoms with van der Waals surface area (Å²) in [6.07, 6.45) is 0.838. The minimum Gasteiger partial charge on any atom is -0.330 e. The van der Waals surface area contributed by atoms with Gasteiger partial charge in [-0.3, -0.25) is 0 Å². The summed E-state index contributed by atoms with van der Waals surface area (Å²) >= 11 is 7.81. The van der Waals surface area contributed by atoms with E-state index < -0.39 is 0 Å². The molecule has 0 aliphatic rings. The molecular weight excluding hydrogens is 264 g/mol. The monoisotopic (exact) mass is 280 g/mol. The molecule has 0 radical (unpaired) electrons. The summed E-state index contributed by atoms with van der Waals surface area (Å²) in [7, 11) is 0. The van der Waals surface area contributed by atoms with E-state index in [0.717, 1.165) is 27.7 Å². The zero-order valence-corrected chi connectivity index (χ0v) is 12.2. The van der Waals surface area contributed by atoms with Gasteiger partial charge < -0.3 is 5.73 Å². The molecule has 0 amide bonds. The molecule has 0 fully saturated rings. The number of rotatable bonds is 4. The Kier molecular flexibility index (Phi) is 4.38. The van der Waals surface area contributed by atoms with Gasteiger partial charge in [0.1, 0.15) is 0 Å². The van der Waals surface area contributed by atoms with Crippen molar-refractivity contribution in [2.45, 2.75) is 26.2 Å². The minimum atomic E-state index is 0.461. The smallest absolute Gasteiger partial charge is 0.0948 e. The molecule has 0 spiro atoms. The topological polar surface area (TPSA) is 38.9 Å². The summed E-state index contributed by atoms with van der Waals surface area (Å²) < 4.78 is 0. The molecule has 4 heteroatoms. The van der Waals surface area contributed by atoms with Crippen molar-refractivity contribution in [3.05, 3.63) is 39.2 Å². The predicted molar refractivity (Wildman–Crippen MR) is 79.4 cm³/mol. The lowest BCUT2D eigenvalue weighted by molar-refractivity contribution is 0.887. The lowest BCUT2D eigenvalue weighted by Gasteiger charge is -2.05. The summed E-state index contributed by atoms with van der Waals surface area (Å²) in [4.78, 5) is 6.02. The van der Waals surface area contributed by atoms with Crippen molar-refractivity contribution in [1.29, 1.82) is 0 Å². The van der Waals surface area contributed by atoms with E-state index in [4.69, 9.17) is 22.3 Å². The maximum Gasteiger partial charge on any atom is 0.0948 e. The first-order chi connectivity index (χ1) is 8.61. The van der Waals surface area contributed by atoms with Crippen molar-refractivity contribution in [1.82, 2.24) is 4.98 Å². The molecule has 0 bridgehead atoms. The second-order valence-electron chi connectivity index (χ2n) is 4.52. The van der Waals surface area contributed by atoms with Crippen LogP contribution in [0.15, 0.2) is 24.3 Å². The van der Waals surface area contributed by atoms with Crippen LogP contribution in [0, 0.1) is 0 Å². The van der Waals surface area contributed by atoms with E-state index >= 15 is 0 Å². The SMILES string of the molecule is CC(C)c1sc(CCN)nc1-c1cccc(Cl)c1. The van der Waals surface area contributed by atoms with Gasteiger partial charge in [-0.2, -0.15) is 0 Å². The van der Waals surface area contributed by atoms with Crippen molar-refractivity contribution < 1.29 is 0 Å². The molecule has 1 heterocycles. The summed E-state index contributed by atoms with van der Waals surface area (Å²) in [5.74, 6) is 0.461. The van der Waals surface area contributed by atoms with E-state index in [1.165, 1.54) is 4.88 Å². The van der Waals surface area contributed by atoms with Crippen LogP contribution in [0.2, 0.25) is 5.02 Å². The molecule has 0 saturated heterocycles. The maximum atomic E-state index is 6.05. The van der Waals surface area contributed by atoms with E-state index in [2.05, 4.69) is 19.9 Å². The first-order valence-electron chi connectivity index (χ1n) is 6.07. The average Bonchev–Trinajstić information content (AvgIpc) is 2.74. The molecule has 0 aliphatic heterocycles. The largest absolute Gasteiger partial charge is 0.330 e. The fourth-order valence-corrected chi connectivity index (χ4v) is 3.14. The second-order valence-corrected chi connectivity index (χ2v) is 6.08. The third kappa shape index (κ3) is 2.91. The van der Waals surface area contributed by atoms with Crippen LogP contribution in [-0.2, 0) is 6.42 Å². The van der Waals surface area contributed by atoms with Crippen LogP contribution < -0.4 is 5.73 Å². The number of hydrogen-bond donors (Lipinski definition) is 1. The Hall–Kier alpha value is -0.900. The van der Waals surface area contributed by atoms with Gasteiger partial charge >= 0.3 is 0 Å². The van der Waals surface area contributed by atoms with Gasteiger partial charge in [0, 0.05) is 21.9 Å². The number of nitrogens with two attached hydrogens (primary N) is 1. The summed E-state index contributed by atoms with van der Waals surface area (Å²) in [5, 5.41) is 1.85. The minimum absolute atomic E-state index is 0.461. The van der Waals surface area contributed by atoms with Gasteiger partial charge in [0.25, 0.3) is 0 Å². The maximum absolute atomic E-state index is 6.05.